The first-order valence-electron chi connectivity index (χ1n) is 7.57. The molecule has 1 aliphatic heterocycles. The summed E-state index contributed by atoms with van der Waals surface area (Å²) in [5, 5.41) is 1.14. The molecule has 22 heavy (non-hydrogen) atoms. The lowest BCUT2D eigenvalue weighted by atomic mass is 10.2. The molecule has 112 valence electrons. The number of aromatic amines is 1. The van der Waals surface area contributed by atoms with Gasteiger partial charge in [0.25, 0.3) is 0 Å². The van der Waals surface area contributed by atoms with E-state index in [0.717, 1.165) is 29.9 Å². The van der Waals surface area contributed by atoms with Crippen LogP contribution in [0.4, 0.5) is 0 Å². The van der Waals surface area contributed by atoms with E-state index in [4.69, 9.17) is 4.98 Å². The summed E-state index contributed by atoms with van der Waals surface area (Å²) < 4.78 is 1.22. The Morgan fingerprint density at radius 1 is 1.32 bits per heavy atom. The van der Waals surface area contributed by atoms with Crippen molar-refractivity contribution in [2.24, 2.45) is 0 Å². The molecule has 1 aromatic carbocycles. The molecule has 3 heterocycles. The van der Waals surface area contributed by atoms with Gasteiger partial charge in [0, 0.05) is 6.20 Å². The maximum Gasteiger partial charge on any atom is 0.192 e. The Bertz CT molecular complexity index is 760. The molecule has 0 bridgehead atoms. The molecule has 3 aromatic rings. The molecule has 4 rings (SSSR count). The Labute approximate surface area is 132 Å². The number of likely N-dealkylation sites (tertiary alicyclic amines) is 1. The van der Waals surface area contributed by atoms with Crippen molar-refractivity contribution in [3.8, 4) is 0 Å². The van der Waals surface area contributed by atoms with E-state index in [2.05, 4.69) is 22.0 Å². The van der Waals surface area contributed by atoms with Crippen LogP contribution in [-0.2, 0) is 0 Å². The number of hydrogen-bond acceptors (Lipinski definition) is 4. The summed E-state index contributed by atoms with van der Waals surface area (Å²) in [4.78, 5) is 22.4. The van der Waals surface area contributed by atoms with Gasteiger partial charge in [0.2, 0.25) is 0 Å². The van der Waals surface area contributed by atoms with E-state index in [-0.39, 0.29) is 11.8 Å². The molecular weight excluding hydrogens is 294 g/mol. The van der Waals surface area contributed by atoms with Crippen LogP contribution < -0.4 is 0 Å². The number of thiazole rings is 1. The Kier molecular flexibility index (Phi) is 3.52. The third-order valence-corrected chi connectivity index (χ3v) is 5.34. The van der Waals surface area contributed by atoms with E-state index in [1.165, 1.54) is 4.70 Å². The predicted molar refractivity (Wildman–Crippen MR) is 88.3 cm³/mol. The average molecular weight is 311 g/mol. The second-order valence-electron chi connectivity index (χ2n) is 5.66. The van der Waals surface area contributed by atoms with Crippen LogP contribution in [0.2, 0.25) is 0 Å². The monoisotopic (exact) mass is 311 g/mol. The quantitative estimate of drug-likeness (QED) is 0.748. The van der Waals surface area contributed by atoms with E-state index in [1.807, 2.05) is 24.3 Å². The molecular formula is C17H17N3OS. The highest BCUT2D eigenvalue weighted by atomic mass is 32.1. The van der Waals surface area contributed by atoms with Crippen molar-refractivity contribution in [1.29, 1.82) is 0 Å². The van der Waals surface area contributed by atoms with Crippen molar-refractivity contribution < 1.29 is 4.79 Å². The molecule has 0 saturated carbocycles. The number of nitrogens with one attached hydrogen (secondary N) is 1. The van der Waals surface area contributed by atoms with Gasteiger partial charge in [-0.25, -0.2) is 4.98 Å². The first-order chi connectivity index (χ1) is 10.8. The van der Waals surface area contributed by atoms with Crippen LogP contribution in [0.3, 0.4) is 0 Å². The molecule has 0 amide bonds. The van der Waals surface area contributed by atoms with Gasteiger partial charge in [-0.3, -0.25) is 9.69 Å². The number of carbonyl (C=O) groups is 1. The van der Waals surface area contributed by atoms with Crippen molar-refractivity contribution in [1.82, 2.24) is 14.9 Å². The van der Waals surface area contributed by atoms with Gasteiger partial charge in [0.1, 0.15) is 5.01 Å². The lowest BCUT2D eigenvalue weighted by Gasteiger charge is -2.21. The van der Waals surface area contributed by atoms with Gasteiger partial charge in [-0.1, -0.05) is 12.1 Å². The molecule has 5 heteroatoms. The summed E-state index contributed by atoms with van der Waals surface area (Å²) in [5.74, 6) is 0.151. The fourth-order valence-electron chi connectivity index (χ4n) is 3.10. The number of carbonyl (C=O) groups excluding carboxylic acids is 1. The highest BCUT2D eigenvalue weighted by Crippen LogP contribution is 2.36. The standard InChI is InChI=1S/C17H17N3OS/c21-15(12-6-3-9-18-12)11-20-10-4-7-14(20)17-19-13-5-1-2-8-16(13)22-17/h1-3,5-6,8-9,14,18H,4,7,10-11H2. The maximum atomic E-state index is 12.3. The second kappa shape index (κ2) is 5.66. The van der Waals surface area contributed by atoms with Crippen LogP contribution in [0, 0.1) is 0 Å². The molecule has 1 atom stereocenters. The summed E-state index contributed by atoms with van der Waals surface area (Å²) >= 11 is 1.75. The Hall–Kier alpha value is -1.98. The van der Waals surface area contributed by atoms with Crippen molar-refractivity contribution in [3.63, 3.8) is 0 Å². The number of hydrogen-bond donors (Lipinski definition) is 1. The third-order valence-electron chi connectivity index (χ3n) is 4.20. The van der Waals surface area contributed by atoms with Crippen molar-refractivity contribution >= 4 is 27.3 Å². The SMILES string of the molecule is O=C(CN1CCCC1c1nc2ccccc2s1)c1ccc[nH]1. The van der Waals surface area contributed by atoms with Crippen molar-refractivity contribution in [2.45, 2.75) is 18.9 Å². The van der Waals surface area contributed by atoms with Crippen LogP contribution in [-0.4, -0.2) is 33.7 Å². The zero-order chi connectivity index (χ0) is 14.9. The minimum Gasteiger partial charge on any atom is -0.359 e. The summed E-state index contributed by atoms with van der Waals surface area (Å²) in [5.41, 5.74) is 1.75. The maximum absolute atomic E-state index is 12.3. The van der Waals surface area contributed by atoms with Crippen LogP contribution >= 0.6 is 11.3 Å². The van der Waals surface area contributed by atoms with E-state index in [9.17, 15) is 4.79 Å². The third kappa shape index (κ3) is 2.46. The summed E-state index contributed by atoms with van der Waals surface area (Å²) in [6.45, 7) is 1.42. The lowest BCUT2D eigenvalue weighted by Crippen LogP contribution is -2.29. The normalized spacial score (nSPS) is 19.0. The smallest absolute Gasteiger partial charge is 0.192 e. The van der Waals surface area contributed by atoms with Crippen LogP contribution in [0.15, 0.2) is 42.6 Å². The van der Waals surface area contributed by atoms with Crippen LogP contribution in [0.5, 0.6) is 0 Å². The first kappa shape index (κ1) is 13.7. The highest BCUT2D eigenvalue weighted by Gasteiger charge is 2.30. The Morgan fingerprint density at radius 3 is 3.05 bits per heavy atom. The first-order valence-corrected chi connectivity index (χ1v) is 8.39. The number of aromatic nitrogens is 2. The van der Waals surface area contributed by atoms with Gasteiger partial charge in [0.15, 0.2) is 5.78 Å². The van der Waals surface area contributed by atoms with Gasteiger partial charge in [0.05, 0.1) is 28.5 Å². The number of benzene rings is 1. The van der Waals surface area contributed by atoms with Crippen LogP contribution in [0.1, 0.15) is 34.4 Å². The lowest BCUT2D eigenvalue weighted by molar-refractivity contribution is 0.0917. The minimum atomic E-state index is 0.151. The molecule has 0 radical (unpaired) electrons. The van der Waals surface area contributed by atoms with Gasteiger partial charge in [-0.2, -0.15) is 0 Å². The van der Waals surface area contributed by atoms with Gasteiger partial charge < -0.3 is 4.98 Å². The molecule has 1 unspecified atom stereocenters. The van der Waals surface area contributed by atoms with E-state index >= 15 is 0 Å². The highest BCUT2D eigenvalue weighted by molar-refractivity contribution is 7.18. The molecule has 4 nitrogen and oxygen atoms in total. The summed E-state index contributed by atoms with van der Waals surface area (Å²) in [7, 11) is 0. The molecule has 0 spiro atoms. The molecule has 2 aromatic heterocycles. The topological polar surface area (TPSA) is 49.0 Å². The molecule has 0 aliphatic carbocycles. The number of ketones is 1. The number of fused-ring (bicyclic) bond motifs is 1. The number of para-hydroxylation sites is 1. The fourth-order valence-corrected chi connectivity index (χ4v) is 4.24. The zero-order valence-electron chi connectivity index (χ0n) is 12.2. The van der Waals surface area contributed by atoms with Crippen molar-refractivity contribution in [2.75, 3.05) is 13.1 Å². The van der Waals surface area contributed by atoms with Crippen molar-refractivity contribution in [3.05, 3.63) is 53.3 Å². The number of Topliss-reactive ketones (excluding diaryl/α,β-unsaturated/α-hetero) is 1. The Morgan fingerprint density at radius 2 is 2.23 bits per heavy atom. The number of nitrogens with zero attached hydrogens (tertiary/aromatic N) is 2. The number of H-pyrrole nitrogens is 1. The molecule has 1 saturated heterocycles. The van der Waals surface area contributed by atoms with Gasteiger partial charge in [-0.05, 0) is 43.7 Å². The minimum absolute atomic E-state index is 0.151. The molecule has 1 N–H and O–H groups in total. The second-order valence-corrected chi connectivity index (χ2v) is 6.72. The summed E-state index contributed by atoms with van der Waals surface area (Å²) in [6.07, 6.45) is 4.00. The molecule has 1 fully saturated rings. The number of rotatable bonds is 4. The van der Waals surface area contributed by atoms with E-state index < -0.39 is 0 Å². The van der Waals surface area contributed by atoms with Crippen LogP contribution in [0.25, 0.3) is 10.2 Å². The van der Waals surface area contributed by atoms with E-state index in [1.54, 1.807) is 17.5 Å². The zero-order valence-corrected chi connectivity index (χ0v) is 13.0. The molecule has 1 aliphatic rings. The average Bonchev–Trinajstić information content (AvgIpc) is 3.26. The Balaban J connectivity index is 1.56. The fraction of sp³-hybridized carbons (Fsp3) is 0.294. The summed E-state index contributed by atoms with van der Waals surface area (Å²) in [6, 6.07) is 12.2. The largest absolute Gasteiger partial charge is 0.359 e. The van der Waals surface area contributed by atoms with Gasteiger partial charge in [-0.15, -0.1) is 11.3 Å². The predicted octanol–water partition coefficient (Wildman–Crippen LogP) is 3.64. The van der Waals surface area contributed by atoms with Gasteiger partial charge >= 0.3 is 0 Å². The van der Waals surface area contributed by atoms with E-state index in [0.29, 0.717) is 12.2 Å².